The largest absolute Gasteiger partial charge is 0.493 e. The van der Waals surface area contributed by atoms with Crippen LogP contribution in [0.15, 0.2) is 36.4 Å². The van der Waals surface area contributed by atoms with Gasteiger partial charge in [-0.05, 0) is 55.5 Å². The quantitative estimate of drug-likeness (QED) is 0.222. The number of ketones is 1. The van der Waals surface area contributed by atoms with E-state index in [1.54, 1.807) is 11.3 Å². The van der Waals surface area contributed by atoms with Crippen LogP contribution >= 0.6 is 27.3 Å². The zero-order valence-corrected chi connectivity index (χ0v) is 18.7. The van der Waals surface area contributed by atoms with E-state index in [9.17, 15) is 4.79 Å². The second kappa shape index (κ2) is 8.57. The van der Waals surface area contributed by atoms with Crippen molar-refractivity contribution in [3.05, 3.63) is 63.5 Å². The fourth-order valence-electron chi connectivity index (χ4n) is 3.39. The zero-order chi connectivity index (χ0) is 19.6. The van der Waals surface area contributed by atoms with E-state index < -0.39 is 0 Å². The monoisotopic (exact) mass is 444 g/mol. The van der Waals surface area contributed by atoms with Gasteiger partial charge in [-0.1, -0.05) is 48.0 Å². The Morgan fingerprint density at radius 1 is 1.15 bits per heavy atom. The van der Waals surface area contributed by atoms with E-state index >= 15 is 0 Å². The van der Waals surface area contributed by atoms with Gasteiger partial charge in [0.1, 0.15) is 5.75 Å². The van der Waals surface area contributed by atoms with Gasteiger partial charge < -0.3 is 4.74 Å². The lowest BCUT2D eigenvalue weighted by Crippen LogP contribution is -2.07. The van der Waals surface area contributed by atoms with Gasteiger partial charge in [-0.15, -0.1) is 11.3 Å². The molecule has 142 valence electrons. The number of halogens is 1. The van der Waals surface area contributed by atoms with Crippen LogP contribution in [-0.4, -0.2) is 17.7 Å². The molecule has 1 heterocycles. The minimum atomic E-state index is 0.106. The number of hydrogen-bond acceptors (Lipinski definition) is 3. The Kier molecular flexibility index (Phi) is 6.38. The van der Waals surface area contributed by atoms with Crippen molar-refractivity contribution >= 4 is 43.1 Å². The average molecular weight is 445 g/mol. The molecular weight excluding hydrogens is 420 g/mol. The van der Waals surface area contributed by atoms with E-state index in [1.165, 1.54) is 4.70 Å². The van der Waals surface area contributed by atoms with Gasteiger partial charge in [0.2, 0.25) is 0 Å². The lowest BCUT2D eigenvalue weighted by Gasteiger charge is -2.14. The first-order chi connectivity index (χ1) is 12.9. The Balaban J connectivity index is 2.04. The minimum Gasteiger partial charge on any atom is -0.493 e. The number of rotatable bonds is 7. The van der Waals surface area contributed by atoms with E-state index in [2.05, 4.69) is 41.9 Å². The molecule has 0 aliphatic heterocycles. The smallest absolute Gasteiger partial charge is 0.194 e. The maximum atomic E-state index is 13.5. The van der Waals surface area contributed by atoms with Crippen LogP contribution in [-0.2, 0) is 0 Å². The summed E-state index contributed by atoms with van der Waals surface area (Å²) in [4.78, 5) is 14.6. The number of hydrogen-bond donors (Lipinski definition) is 0. The van der Waals surface area contributed by atoms with Crippen LogP contribution in [0.25, 0.3) is 10.1 Å². The third kappa shape index (κ3) is 4.12. The Bertz CT molecular complexity index is 949. The lowest BCUT2D eigenvalue weighted by atomic mass is 9.94. The molecule has 2 nitrogen and oxygen atoms in total. The minimum absolute atomic E-state index is 0.106. The molecule has 0 atom stereocenters. The molecule has 0 bridgehead atoms. The van der Waals surface area contributed by atoms with E-state index in [4.69, 9.17) is 4.74 Å². The number of aryl methyl sites for hydroxylation is 2. The normalized spacial score (nSPS) is 11.3. The predicted octanol–water partition coefficient (Wildman–Crippen LogP) is 7.04. The van der Waals surface area contributed by atoms with Crippen LogP contribution in [0.4, 0.5) is 0 Å². The zero-order valence-electron chi connectivity index (χ0n) is 16.3. The summed E-state index contributed by atoms with van der Waals surface area (Å²) in [7, 11) is 0. The van der Waals surface area contributed by atoms with Gasteiger partial charge in [0, 0.05) is 31.4 Å². The average Bonchev–Trinajstić information content (AvgIpc) is 3.03. The topological polar surface area (TPSA) is 26.3 Å². The van der Waals surface area contributed by atoms with E-state index in [-0.39, 0.29) is 5.78 Å². The van der Waals surface area contributed by atoms with Gasteiger partial charge >= 0.3 is 0 Å². The molecule has 0 radical (unpaired) electrons. The third-order valence-electron chi connectivity index (χ3n) is 4.62. The molecule has 0 saturated heterocycles. The van der Waals surface area contributed by atoms with Crippen molar-refractivity contribution in [2.75, 3.05) is 11.9 Å². The van der Waals surface area contributed by atoms with Gasteiger partial charge in [-0.2, -0.15) is 0 Å². The summed E-state index contributed by atoms with van der Waals surface area (Å²) in [6.07, 6.45) is 0.957. The maximum Gasteiger partial charge on any atom is 0.194 e. The van der Waals surface area contributed by atoms with E-state index in [0.717, 1.165) is 50.0 Å². The number of thiophene rings is 1. The SMILES string of the molecule is Cc1cc(C(=O)c2c(C(C)C)sc3ccccc23)cc(C)c1OCCCBr. The number of carbonyl (C=O) groups excluding carboxylic acids is 1. The van der Waals surface area contributed by atoms with Gasteiger partial charge in [0.15, 0.2) is 5.78 Å². The van der Waals surface area contributed by atoms with Gasteiger partial charge in [-0.3, -0.25) is 4.79 Å². The number of benzene rings is 2. The van der Waals surface area contributed by atoms with Crippen molar-refractivity contribution in [3.8, 4) is 5.75 Å². The standard InChI is InChI=1S/C23H25BrO2S/c1-14(2)23-20(18-8-5-6-9-19(18)27-23)21(25)17-12-15(3)22(16(4)13-17)26-11-7-10-24/h5-6,8-9,12-14H,7,10-11H2,1-4H3. The first-order valence-corrected chi connectivity index (χ1v) is 11.2. The molecule has 0 saturated carbocycles. The van der Waals surface area contributed by atoms with Crippen molar-refractivity contribution in [2.24, 2.45) is 0 Å². The first kappa shape index (κ1) is 20.1. The van der Waals surface area contributed by atoms with E-state index in [0.29, 0.717) is 12.5 Å². The summed E-state index contributed by atoms with van der Waals surface area (Å²) in [5.41, 5.74) is 3.62. The molecule has 4 heteroatoms. The number of fused-ring (bicyclic) bond motifs is 1. The Hall–Kier alpha value is -1.65. The molecule has 3 aromatic rings. The molecule has 27 heavy (non-hydrogen) atoms. The maximum absolute atomic E-state index is 13.5. The van der Waals surface area contributed by atoms with Crippen molar-refractivity contribution in [1.82, 2.24) is 0 Å². The summed E-state index contributed by atoms with van der Waals surface area (Å²) in [5.74, 6) is 1.32. The summed E-state index contributed by atoms with van der Waals surface area (Å²) >= 11 is 5.16. The first-order valence-electron chi connectivity index (χ1n) is 9.30. The molecule has 3 rings (SSSR count). The highest BCUT2D eigenvalue weighted by Crippen LogP contribution is 2.38. The van der Waals surface area contributed by atoms with Crippen molar-refractivity contribution in [1.29, 1.82) is 0 Å². The van der Waals surface area contributed by atoms with Crippen LogP contribution in [0.1, 0.15) is 58.1 Å². The van der Waals surface area contributed by atoms with Gasteiger partial charge in [0.05, 0.1) is 6.61 Å². The molecule has 0 aliphatic carbocycles. The predicted molar refractivity (Wildman–Crippen MR) is 119 cm³/mol. The van der Waals surface area contributed by atoms with Crippen molar-refractivity contribution < 1.29 is 9.53 Å². The highest BCUT2D eigenvalue weighted by molar-refractivity contribution is 9.09. The summed E-state index contributed by atoms with van der Waals surface area (Å²) in [6, 6.07) is 12.1. The van der Waals surface area contributed by atoms with Crippen LogP contribution in [0.3, 0.4) is 0 Å². The van der Waals surface area contributed by atoms with Gasteiger partial charge in [-0.25, -0.2) is 0 Å². The van der Waals surface area contributed by atoms with Crippen molar-refractivity contribution in [2.45, 2.75) is 40.0 Å². The fraction of sp³-hybridized carbons (Fsp3) is 0.348. The second-order valence-corrected chi connectivity index (χ2v) is 9.03. The Morgan fingerprint density at radius 3 is 2.44 bits per heavy atom. The van der Waals surface area contributed by atoms with Crippen LogP contribution in [0.5, 0.6) is 5.75 Å². The fourth-order valence-corrected chi connectivity index (χ4v) is 4.82. The van der Waals surface area contributed by atoms with Crippen molar-refractivity contribution in [3.63, 3.8) is 0 Å². The molecule has 2 aromatic carbocycles. The second-order valence-electron chi connectivity index (χ2n) is 7.15. The molecule has 0 spiro atoms. The van der Waals surface area contributed by atoms with E-state index in [1.807, 2.05) is 38.1 Å². The van der Waals surface area contributed by atoms with Crippen LogP contribution in [0.2, 0.25) is 0 Å². The highest BCUT2D eigenvalue weighted by Gasteiger charge is 2.23. The molecule has 0 fully saturated rings. The number of carbonyl (C=O) groups is 1. The van der Waals surface area contributed by atoms with Crippen LogP contribution < -0.4 is 4.74 Å². The number of alkyl halides is 1. The highest BCUT2D eigenvalue weighted by atomic mass is 79.9. The molecule has 1 aromatic heterocycles. The molecule has 0 unspecified atom stereocenters. The third-order valence-corrected chi connectivity index (χ3v) is 6.65. The summed E-state index contributed by atoms with van der Waals surface area (Å²) in [6.45, 7) is 9.01. The molecule has 0 aliphatic rings. The number of ether oxygens (including phenoxy) is 1. The summed E-state index contributed by atoms with van der Waals surface area (Å²) < 4.78 is 7.10. The van der Waals surface area contributed by atoms with Crippen LogP contribution in [0, 0.1) is 13.8 Å². The molecular formula is C23H25BrO2S. The Labute approximate surface area is 173 Å². The Morgan fingerprint density at radius 2 is 1.81 bits per heavy atom. The summed E-state index contributed by atoms with van der Waals surface area (Å²) in [5, 5.41) is 1.98. The lowest BCUT2D eigenvalue weighted by molar-refractivity contribution is 0.103. The molecule has 0 N–H and O–H groups in total. The molecule has 0 amide bonds. The van der Waals surface area contributed by atoms with Gasteiger partial charge in [0.25, 0.3) is 0 Å².